The minimum absolute atomic E-state index is 0.156. The van der Waals surface area contributed by atoms with Crippen molar-refractivity contribution >= 4 is 17.6 Å². The van der Waals surface area contributed by atoms with Gasteiger partial charge in [-0.15, -0.1) is 0 Å². The van der Waals surface area contributed by atoms with Crippen molar-refractivity contribution in [1.82, 2.24) is 9.88 Å². The Balaban J connectivity index is 1.37. The molecule has 2 atom stereocenters. The molecule has 0 unspecified atom stereocenters. The van der Waals surface area contributed by atoms with E-state index in [1.54, 1.807) is 13.0 Å². The Kier molecular flexibility index (Phi) is 7.36. The monoisotopic (exact) mass is 499 g/mol. The third-order valence-corrected chi connectivity index (χ3v) is 5.70. The topological polar surface area (TPSA) is 134 Å². The number of primary amides is 1. The van der Waals surface area contributed by atoms with E-state index in [4.69, 9.17) is 15.2 Å². The van der Waals surface area contributed by atoms with Crippen LogP contribution >= 0.6 is 0 Å². The van der Waals surface area contributed by atoms with Crippen LogP contribution in [0.1, 0.15) is 29.1 Å². The number of anilines is 1. The number of nitrogens with two attached hydrogens (primary N) is 1. The third-order valence-electron chi connectivity index (χ3n) is 5.70. The maximum Gasteiger partial charge on any atom is 0.314 e. The zero-order valence-electron chi connectivity index (χ0n) is 19.2. The highest BCUT2D eigenvalue weighted by Gasteiger charge is 2.30. The van der Waals surface area contributed by atoms with Crippen LogP contribution in [0.5, 0.6) is 11.5 Å². The standard InChI is InChI=1S/C24H23F2N5O5/c1-14(30-8-9-35-21(13-30)15-6-7-31(34)19(10-15)23(27)32)24(33)29-22-5-3-17(12-28-22)36-20-4-2-16(25)11-18(20)26/h2-7,10-12,14,21H,8-9,13H2,1H3,(H2,27,32)(H,28,29,33)/t14-,21+/m0/s1. The number of morpholine rings is 1. The molecule has 0 aliphatic carbocycles. The number of hydrogen-bond acceptors (Lipinski definition) is 7. The average Bonchev–Trinajstić information content (AvgIpc) is 2.86. The summed E-state index contributed by atoms with van der Waals surface area (Å²) in [5.74, 6) is -2.41. The summed E-state index contributed by atoms with van der Waals surface area (Å²) in [5.41, 5.74) is 5.66. The summed E-state index contributed by atoms with van der Waals surface area (Å²) in [6.45, 7) is 2.91. The lowest BCUT2D eigenvalue weighted by molar-refractivity contribution is -0.607. The van der Waals surface area contributed by atoms with Crippen molar-refractivity contribution in [2.75, 3.05) is 25.0 Å². The molecule has 2 amide bonds. The molecular formula is C24H23F2N5O5. The highest BCUT2D eigenvalue weighted by molar-refractivity contribution is 5.93. The molecule has 1 aliphatic heterocycles. The summed E-state index contributed by atoms with van der Waals surface area (Å²) < 4.78 is 38.3. The molecule has 3 N–H and O–H groups in total. The number of pyridine rings is 2. The van der Waals surface area contributed by atoms with Crippen LogP contribution in [-0.4, -0.2) is 47.4 Å². The molecule has 1 aromatic carbocycles. The molecule has 3 aromatic rings. The number of amides is 2. The molecule has 12 heteroatoms. The van der Waals surface area contributed by atoms with Gasteiger partial charge in [-0.3, -0.25) is 14.5 Å². The number of nitrogens with one attached hydrogen (secondary N) is 1. The van der Waals surface area contributed by atoms with Crippen molar-refractivity contribution in [3.8, 4) is 11.5 Å². The van der Waals surface area contributed by atoms with Crippen LogP contribution in [0.15, 0.2) is 54.9 Å². The largest absolute Gasteiger partial charge is 0.618 e. The molecule has 4 rings (SSSR count). The van der Waals surface area contributed by atoms with E-state index in [9.17, 15) is 23.6 Å². The van der Waals surface area contributed by atoms with Gasteiger partial charge >= 0.3 is 5.91 Å². The Hall–Kier alpha value is -4.16. The van der Waals surface area contributed by atoms with Gasteiger partial charge in [0.1, 0.15) is 17.4 Å². The van der Waals surface area contributed by atoms with Gasteiger partial charge in [0.05, 0.1) is 24.9 Å². The second-order valence-electron chi connectivity index (χ2n) is 8.11. The minimum Gasteiger partial charge on any atom is -0.618 e. The Labute approximate surface area is 204 Å². The third kappa shape index (κ3) is 5.73. The fourth-order valence-corrected chi connectivity index (χ4v) is 3.70. The molecule has 1 aliphatic rings. The van der Waals surface area contributed by atoms with Gasteiger partial charge in [-0.25, -0.2) is 13.8 Å². The van der Waals surface area contributed by atoms with Gasteiger partial charge in [0.2, 0.25) is 5.91 Å². The zero-order valence-corrected chi connectivity index (χ0v) is 19.2. The Morgan fingerprint density at radius 3 is 2.78 bits per heavy atom. The van der Waals surface area contributed by atoms with Crippen LogP contribution in [0.3, 0.4) is 0 Å². The lowest BCUT2D eigenvalue weighted by atomic mass is 10.1. The van der Waals surface area contributed by atoms with Crippen LogP contribution in [0.2, 0.25) is 0 Å². The predicted octanol–water partition coefficient (Wildman–Crippen LogP) is 2.28. The van der Waals surface area contributed by atoms with Crippen LogP contribution in [0, 0.1) is 16.8 Å². The van der Waals surface area contributed by atoms with Gasteiger partial charge in [0.25, 0.3) is 5.69 Å². The van der Waals surface area contributed by atoms with Crippen LogP contribution in [0.25, 0.3) is 0 Å². The van der Waals surface area contributed by atoms with E-state index in [0.717, 1.165) is 6.07 Å². The van der Waals surface area contributed by atoms with Crippen molar-refractivity contribution in [1.29, 1.82) is 0 Å². The number of ether oxygens (including phenoxy) is 2. The molecular weight excluding hydrogens is 476 g/mol. The van der Waals surface area contributed by atoms with E-state index in [1.165, 1.54) is 36.7 Å². The fraction of sp³-hybridized carbons (Fsp3) is 0.250. The predicted molar refractivity (Wildman–Crippen MR) is 123 cm³/mol. The molecule has 0 bridgehead atoms. The Bertz CT molecular complexity index is 1270. The van der Waals surface area contributed by atoms with Gasteiger partial charge in [0.15, 0.2) is 17.8 Å². The molecule has 188 valence electrons. The highest BCUT2D eigenvalue weighted by Crippen LogP contribution is 2.26. The second kappa shape index (κ2) is 10.6. The van der Waals surface area contributed by atoms with Gasteiger partial charge in [0, 0.05) is 31.3 Å². The van der Waals surface area contributed by atoms with Gasteiger partial charge in [-0.05, 0) is 36.8 Å². The Morgan fingerprint density at radius 1 is 1.28 bits per heavy atom. The quantitative estimate of drug-likeness (QED) is 0.376. The van der Waals surface area contributed by atoms with Crippen molar-refractivity contribution in [2.24, 2.45) is 5.73 Å². The number of carbonyl (C=O) groups excluding carboxylic acids is 2. The van der Waals surface area contributed by atoms with E-state index in [2.05, 4.69) is 10.3 Å². The van der Waals surface area contributed by atoms with E-state index in [0.29, 0.717) is 36.1 Å². The number of nitrogens with zero attached hydrogens (tertiary/aromatic N) is 3. The minimum atomic E-state index is -0.849. The molecule has 1 saturated heterocycles. The maximum absolute atomic E-state index is 13.8. The van der Waals surface area contributed by atoms with Crippen LogP contribution in [-0.2, 0) is 9.53 Å². The normalized spacial score (nSPS) is 16.8. The summed E-state index contributed by atoms with van der Waals surface area (Å²) in [5, 5.41) is 14.5. The number of halogens is 2. The number of rotatable bonds is 7. The van der Waals surface area contributed by atoms with Crippen LogP contribution < -0.4 is 20.5 Å². The Morgan fingerprint density at radius 2 is 2.08 bits per heavy atom. The van der Waals surface area contributed by atoms with Crippen molar-refractivity contribution in [3.05, 3.63) is 83.0 Å². The zero-order chi connectivity index (χ0) is 25.8. The van der Waals surface area contributed by atoms with Gasteiger partial charge < -0.3 is 25.7 Å². The van der Waals surface area contributed by atoms with E-state index in [1.807, 2.05) is 4.90 Å². The molecule has 1 fully saturated rings. The first-order valence-corrected chi connectivity index (χ1v) is 11.0. The molecule has 10 nitrogen and oxygen atoms in total. The second-order valence-corrected chi connectivity index (χ2v) is 8.11. The molecule has 0 spiro atoms. The van der Waals surface area contributed by atoms with Crippen molar-refractivity contribution in [3.63, 3.8) is 0 Å². The fourth-order valence-electron chi connectivity index (χ4n) is 3.70. The lowest BCUT2D eigenvalue weighted by Crippen LogP contribution is -2.48. The van der Waals surface area contributed by atoms with Gasteiger partial charge in [-0.1, -0.05) is 0 Å². The van der Waals surface area contributed by atoms with E-state index >= 15 is 0 Å². The number of aromatic nitrogens is 2. The highest BCUT2D eigenvalue weighted by atomic mass is 19.1. The first-order valence-electron chi connectivity index (χ1n) is 11.0. The first-order chi connectivity index (χ1) is 17.2. The average molecular weight is 499 g/mol. The summed E-state index contributed by atoms with van der Waals surface area (Å²) in [4.78, 5) is 30.3. The van der Waals surface area contributed by atoms with Crippen molar-refractivity contribution < 1.29 is 32.6 Å². The number of benzene rings is 1. The lowest BCUT2D eigenvalue weighted by Gasteiger charge is -2.36. The summed E-state index contributed by atoms with van der Waals surface area (Å²) in [6, 6.07) is 8.33. The van der Waals surface area contributed by atoms with E-state index in [-0.39, 0.29) is 28.9 Å². The van der Waals surface area contributed by atoms with E-state index < -0.39 is 29.7 Å². The van der Waals surface area contributed by atoms with Crippen LogP contribution in [0.4, 0.5) is 14.6 Å². The number of carbonyl (C=O) groups is 2. The summed E-state index contributed by atoms with van der Waals surface area (Å²) in [6.07, 6.45) is 2.04. The molecule has 2 aromatic heterocycles. The molecule has 0 radical (unpaired) electrons. The smallest absolute Gasteiger partial charge is 0.314 e. The summed E-state index contributed by atoms with van der Waals surface area (Å²) in [7, 11) is 0. The number of hydrogen-bond donors (Lipinski definition) is 2. The van der Waals surface area contributed by atoms with Gasteiger partial charge in [-0.2, -0.15) is 4.73 Å². The SMILES string of the molecule is C[C@@H](C(=O)Nc1ccc(Oc2ccc(F)cc2F)cn1)N1CCO[C@@H](c2cc[n+]([O-])c(C(N)=O)c2)C1. The first kappa shape index (κ1) is 24.9. The molecule has 0 saturated carbocycles. The summed E-state index contributed by atoms with van der Waals surface area (Å²) >= 11 is 0. The molecule has 3 heterocycles. The van der Waals surface area contributed by atoms with Crippen molar-refractivity contribution in [2.45, 2.75) is 19.1 Å². The molecule has 36 heavy (non-hydrogen) atoms. The maximum atomic E-state index is 13.8.